The first-order valence-corrected chi connectivity index (χ1v) is 10.8. The number of guanidine groups is 1. The van der Waals surface area contributed by atoms with Gasteiger partial charge in [0, 0.05) is 58.1 Å². The number of rotatable bonds is 5. The first kappa shape index (κ1) is 19.7. The Morgan fingerprint density at radius 3 is 2.90 bits per heavy atom. The summed E-state index contributed by atoms with van der Waals surface area (Å²) in [5, 5.41) is 7.82. The normalized spacial score (nSPS) is 20.8. The monoisotopic (exact) mass is 396 g/mol. The summed E-state index contributed by atoms with van der Waals surface area (Å²) in [4.78, 5) is 11.2. The Morgan fingerprint density at radius 2 is 2.14 bits per heavy atom. The Morgan fingerprint density at radius 1 is 1.28 bits per heavy atom. The van der Waals surface area contributed by atoms with E-state index in [0.29, 0.717) is 18.6 Å². The molecule has 1 aliphatic heterocycles. The van der Waals surface area contributed by atoms with E-state index in [0.717, 1.165) is 49.8 Å². The van der Waals surface area contributed by atoms with E-state index in [1.165, 1.54) is 24.8 Å². The van der Waals surface area contributed by atoms with Gasteiger partial charge < -0.3 is 15.0 Å². The summed E-state index contributed by atoms with van der Waals surface area (Å²) in [6.45, 7) is 2.69. The molecule has 29 heavy (non-hydrogen) atoms. The lowest BCUT2D eigenvalue weighted by Crippen LogP contribution is -2.39. The Bertz CT molecular complexity index is 826. The summed E-state index contributed by atoms with van der Waals surface area (Å²) in [6, 6.07) is 4.09. The van der Waals surface area contributed by atoms with E-state index >= 15 is 0 Å². The van der Waals surface area contributed by atoms with Gasteiger partial charge in [-0.05, 0) is 49.3 Å². The summed E-state index contributed by atoms with van der Waals surface area (Å²) >= 11 is 0. The van der Waals surface area contributed by atoms with Crippen LogP contribution in [0, 0.1) is 0 Å². The summed E-state index contributed by atoms with van der Waals surface area (Å²) in [5.74, 6) is 2.20. The fraction of sp³-hybridized carbons (Fsp3) is 0.591. The zero-order valence-electron chi connectivity index (χ0n) is 17.5. The second-order valence-electron chi connectivity index (χ2n) is 8.16. The van der Waals surface area contributed by atoms with Crippen molar-refractivity contribution in [3.63, 3.8) is 0 Å². The first-order chi connectivity index (χ1) is 14.2. The van der Waals surface area contributed by atoms with E-state index in [2.05, 4.69) is 37.6 Å². The highest BCUT2D eigenvalue weighted by Gasteiger charge is 2.26. The topological polar surface area (TPSA) is 67.6 Å². The van der Waals surface area contributed by atoms with Gasteiger partial charge in [0.1, 0.15) is 6.10 Å². The number of aromatic nitrogens is 3. The molecule has 1 atom stereocenters. The average molecular weight is 397 g/mol. The number of likely N-dealkylation sites (tertiary alicyclic amines) is 1. The zero-order valence-corrected chi connectivity index (χ0v) is 17.5. The number of aryl methyl sites for hydroxylation is 1. The van der Waals surface area contributed by atoms with Crippen molar-refractivity contribution < 1.29 is 4.74 Å². The zero-order chi connectivity index (χ0) is 20.1. The lowest BCUT2D eigenvalue weighted by molar-refractivity contribution is 0.148. The SMILES string of the molecule is CN=C(NCc1ccnc(OC2CCCCC2)c1)N1CCC(c2cnn(C)c2)C1. The second kappa shape index (κ2) is 9.29. The van der Waals surface area contributed by atoms with Crippen molar-refractivity contribution in [3.8, 4) is 5.88 Å². The lowest BCUT2D eigenvalue weighted by atomic mass is 9.98. The third-order valence-electron chi connectivity index (χ3n) is 5.99. The molecule has 2 aromatic heterocycles. The molecule has 0 amide bonds. The number of ether oxygens (including phenoxy) is 1. The van der Waals surface area contributed by atoms with Crippen LogP contribution in [-0.2, 0) is 13.6 Å². The molecule has 3 heterocycles. The highest BCUT2D eigenvalue weighted by atomic mass is 16.5. The molecule has 1 saturated carbocycles. The number of hydrogen-bond acceptors (Lipinski definition) is 4. The number of aliphatic imine (C=N–C) groups is 1. The minimum atomic E-state index is 0.321. The van der Waals surface area contributed by atoms with Crippen LogP contribution in [0.4, 0.5) is 0 Å². The van der Waals surface area contributed by atoms with E-state index in [-0.39, 0.29) is 0 Å². The Hall–Kier alpha value is -2.57. The van der Waals surface area contributed by atoms with E-state index < -0.39 is 0 Å². The molecule has 1 unspecified atom stereocenters. The molecule has 7 heteroatoms. The molecular weight excluding hydrogens is 364 g/mol. The number of nitrogens with zero attached hydrogens (tertiary/aromatic N) is 5. The molecule has 2 aliphatic rings. The van der Waals surface area contributed by atoms with E-state index in [1.807, 2.05) is 37.2 Å². The van der Waals surface area contributed by atoms with Crippen LogP contribution < -0.4 is 10.1 Å². The van der Waals surface area contributed by atoms with Crippen molar-refractivity contribution >= 4 is 5.96 Å². The Labute approximate surface area is 173 Å². The molecule has 0 bridgehead atoms. The van der Waals surface area contributed by atoms with Gasteiger partial charge in [-0.2, -0.15) is 5.10 Å². The van der Waals surface area contributed by atoms with Crippen LogP contribution in [-0.4, -0.2) is 51.9 Å². The van der Waals surface area contributed by atoms with Gasteiger partial charge in [-0.15, -0.1) is 0 Å². The second-order valence-corrected chi connectivity index (χ2v) is 8.16. The summed E-state index contributed by atoms with van der Waals surface area (Å²) in [5.41, 5.74) is 2.47. The largest absolute Gasteiger partial charge is 0.474 e. The molecule has 4 rings (SSSR count). The van der Waals surface area contributed by atoms with Gasteiger partial charge in [0.15, 0.2) is 5.96 Å². The van der Waals surface area contributed by atoms with Crippen molar-refractivity contribution in [2.45, 2.75) is 57.1 Å². The van der Waals surface area contributed by atoms with Crippen LogP contribution >= 0.6 is 0 Å². The minimum Gasteiger partial charge on any atom is -0.474 e. The fourth-order valence-corrected chi connectivity index (χ4v) is 4.37. The van der Waals surface area contributed by atoms with Crippen LogP contribution in [0.2, 0.25) is 0 Å². The first-order valence-electron chi connectivity index (χ1n) is 10.8. The molecule has 2 fully saturated rings. The maximum atomic E-state index is 6.11. The molecular formula is C22H32N6O. The number of nitrogens with one attached hydrogen (secondary N) is 1. The molecule has 0 radical (unpaired) electrons. The summed E-state index contributed by atoms with van der Waals surface area (Å²) < 4.78 is 7.98. The van der Waals surface area contributed by atoms with Gasteiger partial charge in [-0.3, -0.25) is 9.67 Å². The van der Waals surface area contributed by atoms with Crippen molar-refractivity contribution in [2.24, 2.45) is 12.0 Å². The molecule has 156 valence electrons. The molecule has 1 N–H and O–H groups in total. The molecule has 2 aromatic rings. The standard InChI is InChI=1S/C22H32N6O/c1-23-22(28-11-9-18(16-28)19-14-26-27(2)15-19)25-13-17-8-10-24-21(12-17)29-20-6-4-3-5-7-20/h8,10,12,14-15,18,20H,3-7,9,11,13,16H2,1-2H3,(H,23,25). The smallest absolute Gasteiger partial charge is 0.213 e. The van der Waals surface area contributed by atoms with Crippen molar-refractivity contribution in [3.05, 3.63) is 41.9 Å². The predicted molar refractivity (Wildman–Crippen MR) is 114 cm³/mol. The van der Waals surface area contributed by atoms with Gasteiger partial charge >= 0.3 is 0 Å². The van der Waals surface area contributed by atoms with Crippen LogP contribution in [0.3, 0.4) is 0 Å². The quantitative estimate of drug-likeness (QED) is 0.621. The van der Waals surface area contributed by atoms with Gasteiger partial charge in [-0.1, -0.05) is 6.42 Å². The van der Waals surface area contributed by atoms with Crippen LogP contribution in [0.1, 0.15) is 55.6 Å². The fourth-order valence-electron chi connectivity index (χ4n) is 4.37. The highest BCUT2D eigenvalue weighted by molar-refractivity contribution is 5.80. The van der Waals surface area contributed by atoms with Gasteiger partial charge in [0.2, 0.25) is 5.88 Å². The molecule has 1 saturated heterocycles. The van der Waals surface area contributed by atoms with Crippen LogP contribution in [0.5, 0.6) is 5.88 Å². The van der Waals surface area contributed by atoms with E-state index in [1.54, 1.807) is 0 Å². The highest BCUT2D eigenvalue weighted by Crippen LogP contribution is 2.27. The van der Waals surface area contributed by atoms with Gasteiger partial charge in [0.05, 0.1) is 6.20 Å². The van der Waals surface area contributed by atoms with E-state index in [9.17, 15) is 0 Å². The van der Waals surface area contributed by atoms with E-state index in [4.69, 9.17) is 4.74 Å². The Balaban J connectivity index is 1.31. The van der Waals surface area contributed by atoms with Gasteiger partial charge in [-0.25, -0.2) is 4.98 Å². The third-order valence-corrected chi connectivity index (χ3v) is 5.99. The lowest BCUT2D eigenvalue weighted by Gasteiger charge is -2.23. The van der Waals surface area contributed by atoms with Crippen molar-refractivity contribution in [1.82, 2.24) is 25.0 Å². The molecule has 1 aliphatic carbocycles. The van der Waals surface area contributed by atoms with Crippen LogP contribution in [0.15, 0.2) is 35.7 Å². The summed E-state index contributed by atoms with van der Waals surface area (Å²) in [7, 11) is 3.82. The van der Waals surface area contributed by atoms with Crippen LogP contribution in [0.25, 0.3) is 0 Å². The molecule has 7 nitrogen and oxygen atoms in total. The maximum Gasteiger partial charge on any atom is 0.213 e. The summed E-state index contributed by atoms with van der Waals surface area (Å²) in [6.07, 6.45) is 13.5. The van der Waals surface area contributed by atoms with Crippen molar-refractivity contribution in [1.29, 1.82) is 0 Å². The average Bonchev–Trinajstić information content (AvgIpc) is 3.39. The third kappa shape index (κ3) is 5.08. The maximum absolute atomic E-state index is 6.11. The minimum absolute atomic E-state index is 0.321. The van der Waals surface area contributed by atoms with Crippen molar-refractivity contribution in [2.75, 3.05) is 20.1 Å². The Kier molecular flexibility index (Phi) is 6.32. The molecule has 0 spiro atoms. The molecule has 0 aromatic carbocycles. The van der Waals surface area contributed by atoms with Gasteiger partial charge in [0.25, 0.3) is 0 Å². The predicted octanol–water partition coefficient (Wildman–Crippen LogP) is 3.09. The number of pyridine rings is 1. The number of hydrogen-bond donors (Lipinski definition) is 1.